The van der Waals surface area contributed by atoms with Crippen LogP contribution in [0.25, 0.3) is 0 Å². The van der Waals surface area contributed by atoms with Gasteiger partial charge < -0.3 is 14.4 Å². The summed E-state index contributed by atoms with van der Waals surface area (Å²) in [5.74, 6) is 5.98. The Kier molecular flexibility index (Phi) is 2.67. The first-order chi connectivity index (χ1) is 9.35. The molecule has 1 aromatic heterocycles. The molecule has 0 aromatic carbocycles. The molecule has 3 aliphatic carbocycles. The first kappa shape index (κ1) is 11.9. The molecule has 2 bridgehead atoms. The summed E-state index contributed by atoms with van der Waals surface area (Å²) in [6.45, 7) is 1.36. The van der Waals surface area contributed by atoms with Crippen molar-refractivity contribution in [2.75, 3.05) is 13.7 Å². The van der Waals surface area contributed by atoms with E-state index < -0.39 is 0 Å². The van der Waals surface area contributed by atoms with Crippen LogP contribution in [0.15, 0.2) is 0 Å². The average Bonchev–Trinajstić information content (AvgIpc) is 2.82. The maximum Gasteiger partial charge on any atom is 0.158 e. The van der Waals surface area contributed by atoms with Crippen molar-refractivity contribution in [1.29, 1.82) is 0 Å². The molecule has 19 heavy (non-hydrogen) atoms. The van der Waals surface area contributed by atoms with E-state index in [4.69, 9.17) is 4.74 Å². The van der Waals surface area contributed by atoms with Crippen molar-refractivity contribution in [3.63, 3.8) is 0 Å². The SMILES string of the molecule is COCCn1c(CO)nnc1C1C2C3CCC(C3)C12. The highest BCUT2D eigenvalue weighted by atomic mass is 16.5. The van der Waals surface area contributed by atoms with Crippen LogP contribution in [0, 0.1) is 23.7 Å². The fourth-order valence-corrected chi connectivity index (χ4v) is 4.81. The Labute approximate surface area is 113 Å². The number of hydrogen-bond acceptors (Lipinski definition) is 4. The molecule has 1 N–H and O–H groups in total. The minimum absolute atomic E-state index is 0.0361. The summed E-state index contributed by atoms with van der Waals surface area (Å²) in [6, 6.07) is 0. The van der Waals surface area contributed by atoms with Crippen LogP contribution in [-0.4, -0.2) is 33.6 Å². The average molecular weight is 263 g/mol. The lowest BCUT2D eigenvalue weighted by Gasteiger charge is -2.11. The summed E-state index contributed by atoms with van der Waals surface area (Å²) >= 11 is 0. The van der Waals surface area contributed by atoms with E-state index in [2.05, 4.69) is 14.8 Å². The summed E-state index contributed by atoms with van der Waals surface area (Å²) in [4.78, 5) is 0. The van der Waals surface area contributed by atoms with E-state index in [0.29, 0.717) is 18.3 Å². The summed E-state index contributed by atoms with van der Waals surface area (Å²) in [6.07, 6.45) is 4.29. The quantitative estimate of drug-likeness (QED) is 0.866. The minimum Gasteiger partial charge on any atom is -0.388 e. The molecule has 0 amide bonds. The first-order valence-electron chi connectivity index (χ1n) is 7.37. The zero-order valence-corrected chi connectivity index (χ0v) is 11.3. The highest BCUT2D eigenvalue weighted by Crippen LogP contribution is 2.72. The lowest BCUT2D eigenvalue weighted by atomic mass is 10.0. The number of aromatic nitrogens is 3. The Morgan fingerprint density at radius 1 is 1.26 bits per heavy atom. The maximum absolute atomic E-state index is 9.39. The van der Waals surface area contributed by atoms with Gasteiger partial charge >= 0.3 is 0 Å². The molecule has 4 unspecified atom stereocenters. The minimum atomic E-state index is -0.0361. The molecule has 0 spiro atoms. The molecule has 1 heterocycles. The molecule has 3 aliphatic rings. The van der Waals surface area contributed by atoms with E-state index in [1.54, 1.807) is 7.11 Å². The second-order valence-corrected chi connectivity index (χ2v) is 6.29. The fourth-order valence-electron chi connectivity index (χ4n) is 4.81. The first-order valence-corrected chi connectivity index (χ1v) is 7.37. The Balaban J connectivity index is 1.60. The third kappa shape index (κ3) is 1.61. The Bertz CT molecular complexity index is 471. The monoisotopic (exact) mass is 263 g/mol. The van der Waals surface area contributed by atoms with Crippen molar-refractivity contribution in [2.45, 2.75) is 38.3 Å². The highest BCUT2D eigenvalue weighted by Gasteiger charge is 2.66. The third-order valence-corrected chi connectivity index (χ3v) is 5.55. The number of nitrogens with zero attached hydrogens (tertiary/aromatic N) is 3. The molecule has 1 aromatic rings. The molecule has 0 radical (unpaired) electrons. The zero-order valence-electron chi connectivity index (χ0n) is 11.3. The van der Waals surface area contributed by atoms with Gasteiger partial charge in [-0.25, -0.2) is 0 Å². The van der Waals surface area contributed by atoms with E-state index in [1.165, 1.54) is 19.3 Å². The van der Waals surface area contributed by atoms with Crippen molar-refractivity contribution in [1.82, 2.24) is 14.8 Å². The molecule has 0 aliphatic heterocycles. The number of rotatable bonds is 5. The van der Waals surface area contributed by atoms with Crippen molar-refractivity contribution in [3.8, 4) is 0 Å². The summed E-state index contributed by atoms with van der Waals surface area (Å²) in [5, 5.41) is 17.9. The smallest absolute Gasteiger partial charge is 0.158 e. The van der Waals surface area contributed by atoms with Gasteiger partial charge in [-0.05, 0) is 42.9 Å². The van der Waals surface area contributed by atoms with Gasteiger partial charge in [-0.2, -0.15) is 0 Å². The number of aliphatic hydroxyl groups excluding tert-OH is 1. The van der Waals surface area contributed by atoms with Crippen molar-refractivity contribution in [2.24, 2.45) is 23.7 Å². The van der Waals surface area contributed by atoms with Gasteiger partial charge in [-0.15, -0.1) is 10.2 Å². The van der Waals surface area contributed by atoms with Crippen LogP contribution in [-0.2, 0) is 17.9 Å². The normalized spacial score (nSPS) is 38.7. The van der Waals surface area contributed by atoms with Gasteiger partial charge in [0.25, 0.3) is 0 Å². The maximum atomic E-state index is 9.39. The van der Waals surface area contributed by atoms with Crippen LogP contribution in [0.4, 0.5) is 0 Å². The van der Waals surface area contributed by atoms with Gasteiger partial charge in [-0.1, -0.05) is 0 Å². The second kappa shape index (κ2) is 4.28. The Hall–Kier alpha value is -0.940. The predicted octanol–water partition coefficient (Wildman–Crippen LogP) is 1.18. The van der Waals surface area contributed by atoms with Crippen molar-refractivity contribution >= 4 is 0 Å². The molecular weight excluding hydrogens is 242 g/mol. The molecule has 3 saturated carbocycles. The van der Waals surface area contributed by atoms with Crippen LogP contribution in [0.1, 0.15) is 36.8 Å². The van der Waals surface area contributed by atoms with Gasteiger partial charge in [-0.3, -0.25) is 0 Å². The van der Waals surface area contributed by atoms with Crippen LogP contribution in [0.2, 0.25) is 0 Å². The lowest BCUT2D eigenvalue weighted by Crippen LogP contribution is -2.13. The van der Waals surface area contributed by atoms with Crippen LogP contribution < -0.4 is 0 Å². The van der Waals surface area contributed by atoms with E-state index in [0.717, 1.165) is 36.0 Å². The third-order valence-electron chi connectivity index (χ3n) is 5.55. The van der Waals surface area contributed by atoms with Crippen LogP contribution in [0.5, 0.6) is 0 Å². The number of aliphatic hydroxyl groups is 1. The van der Waals surface area contributed by atoms with Gasteiger partial charge in [0.05, 0.1) is 6.61 Å². The van der Waals surface area contributed by atoms with E-state index in [9.17, 15) is 5.11 Å². The highest BCUT2D eigenvalue weighted by molar-refractivity contribution is 5.25. The van der Waals surface area contributed by atoms with E-state index in [1.807, 2.05) is 0 Å². The van der Waals surface area contributed by atoms with Gasteiger partial charge in [0.1, 0.15) is 12.4 Å². The molecule has 4 rings (SSSR count). The van der Waals surface area contributed by atoms with Gasteiger partial charge in [0, 0.05) is 19.6 Å². The van der Waals surface area contributed by atoms with Gasteiger partial charge in [0.15, 0.2) is 5.82 Å². The number of methoxy groups -OCH3 is 1. The molecule has 3 fully saturated rings. The van der Waals surface area contributed by atoms with E-state index in [-0.39, 0.29) is 6.61 Å². The standard InChI is InChI=1S/C14H21N3O2/c1-19-5-4-17-10(7-18)15-16-14(17)13-11-8-2-3-9(6-8)12(11)13/h8-9,11-13,18H,2-7H2,1H3. The van der Waals surface area contributed by atoms with Crippen LogP contribution >= 0.6 is 0 Å². The molecule has 5 nitrogen and oxygen atoms in total. The number of hydrogen-bond donors (Lipinski definition) is 1. The molecule has 5 heteroatoms. The molecule has 4 atom stereocenters. The molecular formula is C14H21N3O2. The number of fused-ring (bicyclic) bond motifs is 5. The van der Waals surface area contributed by atoms with Crippen LogP contribution in [0.3, 0.4) is 0 Å². The summed E-state index contributed by atoms with van der Waals surface area (Å²) < 4.78 is 7.25. The Morgan fingerprint density at radius 3 is 2.63 bits per heavy atom. The van der Waals surface area contributed by atoms with Crippen molar-refractivity contribution < 1.29 is 9.84 Å². The predicted molar refractivity (Wildman–Crippen MR) is 68.4 cm³/mol. The van der Waals surface area contributed by atoms with Crippen molar-refractivity contribution in [3.05, 3.63) is 11.6 Å². The summed E-state index contributed by atoms with van der Waals surface area (Å²) in [5.41, 5.74) is 0. The number of ether oxygens (including phenoxy) is 1. The van der Waals surface area contributed by atoms with E-state index >= 15 is 0 Å². The molecule has 104 valence electrons. The van der Waals surface area contributed by atoms with Gasteiger partial charge in [0.2, 0.25) is 0 Å². The zero-order chi connectivity index (χ0) is 13.0. The topological polar surface area (TPSA) is 60.2 Å². The molecule has 0 saturated heterocycles. The fraction of sp³-hybridized carbons (Fsp3) is 0.857. The Morgan fingerprint density at radius 2 is 2.00 bits per heavy atom. The largest absolute Gasteiger partial charge is 0.388 e. The second-order valence-electron chi connectivity index (χ2n) is 6.29. The lowest BCUT2D eigenvalue weighted by molar-refractivity contribution is 0.181. The summed E-state index contributed by atoms with van der Waals surface area (Å²) in [7, 11) is 1.70.